The summed E-state index contributed by atoms with van der Waals surface area (Å²) in [4.78, 5) is 15.4. The molecule has 0 amide bonds. The first-order valence-corrected chi connectivity index (χ1v) is 6.03. The van der Waals surface area contributed by atoms with Crippen molar-refractivity contribution >= 4 is 21.9 Å². The maximum absolute atomic E-state index is 11.2. The Morgan fingerprint density at radius 1 is 1.62 bits per heavy atom. The molecule has 0 radical (unpaired) electrons. The van der Waals surface area contributed by atoms with E-state index in [2.05, 4.69) is 20.9 Å². The summed E-state index contributed by atoms with van der Waals surface area (Å²) in [6.07, 6.45) is 2.72. The molecule has 6 heteroatoms. The maximum Gasteiger partial charge on any atom is 0.326 e. The summed E-state index contributed by atoms with van der Waals surface area (Å²) in [6, 6.07) is -0.538. The SMILES string of the molecule is O=C(O)C1CCCc2c(Br)nc(CCO)n21. The van der Waals surface area contributed by atoms with Crippen molar-refractivity contribution in [2.45, 2.75) is 31.7 Å². The topological polar surface area (TPSA) is 75.3 Å². The van der Waals surface area contributed by atoms with Crippen LogP contribution < -0.4 is 0 Å². The lowest BCUT2D eigenvalue weighted by atomic mass is 10.0. The van der Waals surface area contributed by atoms with Gasteiger partial charge in [0.15, 0.2) is 0 Å². The smallest absolute Gasteiger partial charge is 0.326 e. The lowest BCUT2D eigenvalue weighted by molar-refractivity contribution is -0.141. The largest absolute Gasteiger partial charge is 0.480 e. The predicted octanol–water partition coefficient (Wildman–Crippen LogP) is 1.14. The highest BCUT2D eigenvalue weighted by Gasteiger charge is 2.30. The molecule has 0 saturated carbocycles. The minimum atomic E-state index is -0.829. The van der Waals surface area contributed by atoms with Crippen LogP contribution in [0.4, 0.5) is 0 Å². The van der Waals surface area contributed by atoms with Crippen LogP contribution in [-0.2, 0) is 17.6 Å². The molecule has 0 saturated heterocycles. The Hall–Kier alpha value is -0.880. The zero-order chi connectivity index (χ0) is 11.7. The molecule has 0 fully saturated rings. The zero-order valence-corrected chi connectivity index (χ0v) is 10.3. The van der Waals surface area contributed by atoms with E-state index in [4.69, 9.17) is 10.2 Å². The number of carbonyl (C=O) groups is 1. The van der Waals surface area contributed by atoms with Crippen molar-refractivity contribution in [1.82, 2.24) is 9.55 Å². The number of aromatic nitrogens is 2. The second-order valence-corrected chi connectivity index (χ2v) is 4.61. The molecule has 88 valence electrons. The molecular formula is C10H13BrN2O3. The monoisotopic (exact) mass is 288 g/mol. The summed E-state index contributed by atoms with van der Waals surface area (Å²) in [5, 5.41) is 18.1. The Bertz CT molecular complexity index is 416. The van der Waals surface area contributed by atoms with Crippen molar-refractivity contribution < 1.29 is 15.0 Å². The molecule has 1 aromatic heterocycles. The van der Waals surface area contributed by atoms with E-state index in [1.165, 1.54) is 0 Å². The van der Waals surface area contributed by atoms with Crippen LogP contribution >= 0.6 is 15.9 Å². The minimum Gasteiger partial charge on any atom is -0.480 e. The van der Waals surface area contributed by atoms with Crippen molar-refractivity contribution in [2.24, 2.45) is 0 Å². The lowest BCUT2D eigenvalue weighted by Gasteiger charge is -2.24. The Kier molecular flexibility index (Phi) is 3.30. The third-order valence-electron chi connectivity index (χ3n) is 2.86. The number of aliphatic carboxylic acids is 1. The van der Waals surface area contributed by atoms with Crippen LogP contribution in [0.1, 0.15) is 30.4 Å². The van der Waals surface area contributed by atoms with Gasteiger partial charge in [-0.05, 0) is 35.2 Å². The molecule has 16 heavy (non-hydrogen) atoms. The second-order valence-electron chi connectivity index (χ2n) is 3.86. The number of rotatable bonds is 3. The van der Waals surface area contributed by atoms with Gasteiger partial charge in [-0.3, -0.25) is 0 Å². The molecular weight excluding hydrogens is 276 g/mol. The summed E-state index contributed by atoms with van der Waals surface area (Å²) in [7, 11) is 0. The van der Waals surface area contributed by atoms with Crippen LogP contribution in [0.5, 0.6) is 0 Å². The summed E-state index contributed by atoms with van der Waals surface area (Å²) in [5.41, 5.74) is 0.933. The number of carboxylic acids is 1. The highest BCUT2D eigenvalue weighted by molar-refractivity contribution is 9.10. The van der Waals surface area contributed by atoms with Crippen LogP contribution in [0.25, 0.3) is 0 Å². The summed E-state index contributed by atoms with van der Waals surface area (Å²) in [6.45, 7) is -0.0186. The molecule has 1 aliphatic heterocycles. The van der Waals surface area contributed by atoms with Gasteiger partial charge in [-0.15, -0.1) is 0 Å². The van der Waals surface area contributed by atoms with Gasteiger partial charge in [0.25, 0.3) is 0 Å². The van der Waals surface area contributed by atoms with E-state index < -0.39 is 12.0 Å². The van der Waals surface area contributed by atoms with Crippen LogP contribution in [0, 0.1) is 0 Å². The Morgan fingerprint density at radius 2 is 2.38 bits per heavy atom. The minimum absolute atomic E-state index is 0.0186. The van der Waals surface area contributed by atoms with Gasteiger partial charge in [0.1, 0.15) is 16.5 Å². The maximum atomic E-state index is 11.2. The number of aliphatic hydroxyl groups excluding tert-OH is 1. The number of carboxylic acid groups (broad SMARTS) is 1. The molecule has 2 heterocycles. The van der Waals surface area contributed by atoms with E-state index in [1.54, 1.807) is 4.57 Å². The van der Waals surface area contributed by atoms with E-state index in [1.807, 2.05) is 0 Å². The van der Waals surface area contributed by atoms with Crippen molar-refractivity contribution in [2.75, 3.05) is 6.61 Å². The number of halogens is 1. The van der Waals surface area contributed by atoms with Crippen molar-refractivity contribution in [3.8, 4) is 0 Å². The van der Waals surface area contributed by atoms with Gasteiger partial charge in [0.05, 0.1) is 12.3 Å². The molecule has 1 aromatic rings. The third-order valence-corrected chi connectivity index (χ3v) is 3.49. The Labute approximate surface area is 101 Å². The summed E-state index contributed by atoms with van der Waals surface area (Å²) >= 11 is 3.34. The average Bonchev–Trinajstić information content (AvgIpc) is 2.57. The first-order valence-electron chi connectivity index (χ1n) is 5.24. The first kappa shape index (κ1) is 11.6. The Balaban J connectivity index is 2.47. The number of hydrogen-bond acceptors (Lipinski definition) is 3. The van der Waals surface area contributed by atoms with Crippen molar-refractivity contribution in [1.29, 1.82) is 0 Å². The van der Waals surface area contributed by atoms with Gasteiger partial charge in [0, 0.05) is 6.42 Å². The normalized spacial score (nSPS) is 19.5. The fourth-order valence-corrected chi connectivity index (χ4v) is 2.77. The van der Waals surface area contributed by atoms with Crippen LogP contribution in [0.3, 0.4) is 0 Å². The summed E-state index contributed by atoms with van der Waals surface area (Å²) < 4.78 is 2.47. The molecule has 2 rings (SSSR count). The van der Waals surface area contributed by atoms with E-state index in [0.717, 1.165) is 18.5 Å². The predicted molar refractivity (Wildman–Crippen MR) is 60.3 cm³/mol. The van der Waals surface area contributed by atoms with E-state index in [0.29, 0.717) is 23.3 Å². The quantitative estimate of drug-likeness (QED) is 0.875. The van der Waals surface area contributed by atoms with Crippen molar-refractivity contribution in [3.05, 3.63) is 16.1 Å². The first-order chi connectivity index (χ1) is 7.65. The van der Waals surface area contributed by atoms with Crippen LogP contribution in [0.2, 0.25) is 0 Å². The number of hydrogen-bond donors (Lipinski definition) is 2. The number of aliphatic hydroxyl groups is 1. The van der Waals surface area contributed by atoms with Gasteiger partial charge >= 0.3 is 5.97 Å². The molecule has 0 spiro atoms. The van der Waals surface area contributed by atoms with Gasteiger partial charge in [-0.1, -0.05) is 0 Å². The standard InChI is InChI=1S/C10H13BrN2O3/c11-9-6-2-1-3-7(10(15)16)13(6)8(12-9)4-5-14/h7,14H,1-5H2,(H,15,16). The second kappa shape index (κ2) is 4.55. The Morgan fingerprint density at radius 3 is 3.00 bits per heavy atom. The number of imidazole rings is 1. The van der Waals surface area contributed by atoms with Gasteiger partial charge in [-0.25, -0.2) is 9.78 Å². The molecule has 2 N–H and O–H groups in total. The number of nitrogens with zero attached hydrogens (tertiary/aromatic N) is 2. The van der Waals surface area contributed by atoms with Crippen molar-refractivity contribution in [3.63, 3.8) is 0 Å². The number of fused-ring (bicyclic) bond motifs is 1. The molecule has 1 unspecified atom stereocenters. The van der Waals surface area contributed by atoms with Gasteiger partial charge in [-0.2, -0.15) is 0 Å². The average molecular weight is 289 g/mol. The molecule has 1 atom stereocenters. The third kappa shape index (κ3) is 1.87. The lowest BCUT2D eigenvalue weighted by Crippen LogP contribution is -2.26. The highest BCUT2D eigenvalue weighted by atomic mass is 79.9. The molecule has 5 nitrogen and oxygen atoms in total. The molecule has 0 aliphatic carbocycles. The van der Waals surface area contributed by atoms with E-state index in [-0.39, 0.29) is 6.61 Å². The van der Waals surface area contributed by atoms with E-state index >= 15 is 0 Å². The van der Waals surface area contributed by atoms with Gasteiger partial charge < -0.3 is 14.8 Å². The molecule has 1 aliphatic rings. The van der Waals surface area contributed by atoms with Gasteiger partial charge in [0.2, 0.25) is 0 Å². The van der Waals surface area contributed by atoms with E-state index in [9.17, 15) is 4.79 Å². The fraction of sp³-hybridized carbons (Fsp3) is 0.600. The zero-order valence-electron chi connectivity index (χ0n) is 8.69. The fourth-order valence-electron chi connectivity index (χ4n) is 2.18. The highest BCUT2D eigenvalue weighted by Crippen LogP contribution is 2.31. The van der Waals surface area contributed by atoms with Crippen LogP contribution in [-0.4, -0.2) is 32.3 Å². The summed E-state index contributed by atoms with van der Waals surface area (Å²) in [5.74, 6) is -0.179. The molecule has 0 aromatic carbocycles. The van der Waals surface area contributed by atoms with Crippen LogP contribution in [0.15, 0.2) is 4.60 Å². The molecule has 0 bridgehead atoms.